The molecular formula is C15H25NO4. The zero-order valence-corrected chi connectivity index (χ0v) is 12.6. The van der Waals surface area contributed by atoms with Crippen LogP contribution in [0.1, 0.15) is 52.9 Å². The Kier molecular flexibility index (Phi) is 4.33. The predicted molar refractivity (Wildman–Crippen MR) is 73.9 cm³/mol. The van der Waals surface area contributed by atoms with Crippen LogP contribution in [-0.4, -0.2) is 46.7 Å². The molecular weight excluding hydrogens is 258 g/mol. The summed E-state index contributed by atoms with van der Waals surface area (Å²) in [6, 6.07) is 0. The summed E-state index contributed by atoms with van der Waals surface area (Å²) in [6.07, 6.45) is 1.78. The summed E-state index contributed by atoms with van der Waals surface area (Å²) in [5, 5.41) is 10.1. The minimum Gasteiger partial charge on any atom is -0.356 e. The third-order valence-electron chi connectivity index (χ3n) is 4.17. The fourth-order valence-corrected chi connectivity index (χ4v) is 3.21. The molecule has 1 N–H and O–H groups in total. The maximum atomic E-state index is 11.6. The first-order chi connectivity index (χ1) is 9.19. The van der Waals surface area contributed by atoms with E-state index in [0.29, 0.717) is 25.9 Å². The van der Waals surface area contributed by atoms with Crippen molar-refractivity contribution in [3.63, 3.8) is 0 Å². The highest BCUT2D eigenvalue weighted by Gasteiger charge is 2.42. The van der Waals surface area contributed by atoms with Crippen LogP contribution in [-0.2, 0) is 14.3 Å². The number of piperidine rings is 1. The molecule has 5 nitrogen and oxygen atoms in total. The highest BCUT2D eigenvalue weighted by atomic mass is 16.6. The lowest BCUT2D eigenvalue weighted by Crippen LogP contribution is -2.50. The van der Waals surface area contributed by atoms with E-state index in [4.69, 9.17) is 4.74 Å². The SMILES string of the molecule is CC(C)(C)OC(O)N1CCC2(CC1)CC(=O)CC(=O)C2. The van der Waals surface area contributed by atoms with Crippen molar-refractivity contribution >= 4 is 11.6 Å². The zero-order valence-electron chi connectivity index (χ0n) is 12.6. The van der Waals surface area contributed by atoms with Crippen LogP contribution in [0.25, 0.3) is 0 Å². The number of ether oxygens (including phenoxy) is 1. The van der Waals surface area contributed by atoms with Gasteiger partial charge in [0.15, 0.2) is 0 Å². The van der Waals surface area contributed by atoms with E-state index in [-0.39, 0.29) is 23.4 Å². The molecule has 20 heavy (non-hydrogen) atoms. The van der Waals surface area contributed by atoms with E-state index < -0.39 is 12.0 Å². The van der Waals surface area contributed by atoms with Gasteiger partial charge >= 0.3 is 0 Å². The molecule has 0 aromatic rings. The number of nitrogens with zero attached hydrogens (tertiary/aromatic N) is 1. The number of aliphatic hydroxyl groups is 1. The van der Waals surface area contributed by atoms with Gasteiger partial charge in [0.05, 0.1) is 12.0 Å². The van der Waals surface area contributed by atoms with E-state index in [2.05, 4.69) is 0 Å². The van der Waals surface area contributed by atoms with Crippen molar-refractivity contribution in [2.24, 2.45) is 5.41 Å². The van der Waals surface area contributed by atoms with E-state index in [9.17, 15) is 14.7 Å². The van der Waals surface area contributed by atoms with Crippen LogP contribution in [0.15, 0.2) is 0 Å². The Morgan fingerprint density at radius 1 is 1.15 bits per heavy atom. The van der Waals surface area contributed by atoms with Gasteiger partial charge in [-0.25, -0.2) is 0 Å². The average molecular weight is 283 g/mol. The third-order valence-corrected chi connectivity index (χ3v) is 4.17. The van der Waals surface area contributed by atoms with E-state index in [1.165, 1.54) is 0 Å². The normalized spacial score (nSPS) is 26.0. The van der Waals surface area contributed by atoms with E-state index in [0.717, 1.165) is 12.8 Å². The molecule has 2 aliphatic rings. The number of carbonyl (C=O) groups is 2. The lowest BCUT2D eigenvalue weighted by Gasteiger charge is -2.44. The number of hydrogen-bond donors (Lipinski definition) is 1. The van der Waals surface area contributed by atoms with E-state index in [1.54, 1.807) is 0 Å². The second-order valence-corrected chi connectivity index (χ2v) is 7.20. The van der Waals surface area contributed by atoms with Crippen LogP contribution in [0, 0.1) is 5.41 Å². The first-order valence-electron chi connectivity index (χ1n) is 7.33. The maximum Gasteiger partial charge on any atom is 0.216 e. The van der Waals surface area contributed by atoms with Crippen LogP contribution in [0.3, 0.4) is 0 Å². The Hall–Kier alpha value is -0.780. The topological polar surface area (TPSA) is 66.8 Å². The molecule has 1 heterocycles. The molecule has 1 unspecified atom stereocenters. The number of Topliss-reactive ketones (excluding diaryl/α,β-unsaturated/α-hetero) is 2. The van der Waals surface area contributed by atoms with Crippen LogP contribution in [0.5, 0.6) is 0 Å². The highest BCUT2D eigenvalue weighted by Crippen LogP contribution is 2.42. The molecule has 1 saturated carbocycles. The smallest absolute Gasteiger partial charge is 0.216 e. The Balaban J connectivity index is 1.92. The van der Waals surface area contributed by atoms with Gasteiger partial charge in [-0.3, -0.25) is 14.5 Å². The summed E-state index contributed by atoms with van der Waals surface area (Å²) < 4.78 is 5.54. The summed E-state index contributed by atoms with van der Waals surface area (Å²) in [7, 11) is 0. The summed E-state index contributed by atoms with van der Waals surface area (Å²) >= 11 is 0. The van der Waals surface area contributed by atoms with Gasteiger partial charge in [-0.2, -0.15) is 0 Å². The monoisotopic (exact) mass is 283 g/mol. The van der Waals surface area contributed by atoms with E-state index in [1.807, 2.05) is 25.7 Å². The number of hydrogen-bond acceptors (Lipinski definition) is 5. The average Bonchev–Trinajstić information content (AvgIpc) is 2.25. The molecule has 1 aliphatic heterocycles. The first kappa shape index (κ1) is 15.6. The van der Waals surface area contributed by atoms with E-state index >= 15 is 0 Å². The van der Waals surface area contributed by atoms with Crippen LogP contribution >= 0.6 is 0 Å². The van der Waals surface area contributed by atoms with Crippen LogP contribution < -0.4 is 0 Å². The lowest BCUT2D eigenvalue weighted by molar-refractivity contribution is -0.246. The Morgan fingerprint density at radius 2 is 1.65 bits per heavy atom. The molecule has 1 saturated heterocycles. The van der Waals surface area contributed by atoms with Gasteiger partial charge in [-0.05, 0) is 39.0 Å². The second kappa shape index (κ2) is 5.54. The second-order valence-electron chi connectivity index (χ2n) is 7.20. The van der Waals surface area contributed by atoms with Gasteiger partial charge in [0, 0.05) is 25.9 Å². The standard InChI is InChI=1S/C15H25NO4/c1-14(2,3)20-13(19)16-6-4-15(5-7-16)9-11(17)8-12(18)10-15/h13,19H,4-10H2,1-3H3. The van der Waals surface area contributed by atoms with Crippen molar-refractivity contribution < 1.29 is 19.4 Å². The van der Waals surface area contributed by atoms with Crippen LogP contribution in [0.4, 0.5) is 0 Å². The summed E-state index contributed by atoms with van der Waals surface area (Å²) in [4.78, 5) is 25.2. The van der Waals surface area contributed by atoms with Gasteiger partial charge in [-0.1, -0.05) is 0 Å². The van der Waals surface area contributed by atoms with Crippen molar-refractivity contribution in [3.05, 3.63) is 0 Å². The predicted octanol–water partition coefficient (Wildman–Crippen LogP) is 1.48. The molecule has 0 bridgehead atoms. The van der Waals surface area contributed by atoms with Gasteiger partial charge in [-0.15, -0.1) is 0 Å². The zero-order chi connectivity index (χ0) is 15.0. The van der Waals surface area contributed by atoms with Gasteiger partial charge in [0.1, 0.15) is 11.6 Å². The number of ketones is 2. The van der Waals surface area contributed by atoms with Crippen molar-refractivity contribution in [2.75, 3.05) is 13.1 Å². The Labute approximate surface area is 120 Å². The molecule has 2 fully saturated rings. The number of rotatable bonds is 2. The molecule has 1 spiro atoms. The summed E-state index contributed by atoms with van der Waals surface area (Å²) in [5.41, 5.74) is -0.560. The van der Waals surface area contributed by atoms with Crippen molar-refractivity contribution in [3.8, 4) is 0 Å². The molecule has 0 amide bonds. The molecule has 1 atom stereocenters. The molecule has 114 valence electrons. The highest BCUT2D eigenvalue weighted by molar-refractivity contribution is 6.02. The minimum atomic E-state index is -0.914. The molecule has 1 aliphatic carbocycles. The Morgan fingerprint density at radius 3 is 2.10 bits per heavy atom. The molecule has 0 aromatic carbocycles. The summed E-state index contributed by atoms with van der Waals surface area (Å²) in [5.74, 6) is 0.141. The van der Waals surface area contributed by atoms with Gasteiger partial charge in [0.25, 0.3) is 0 Å². The fourth-order valence-electron chi connectivity index (χ4n) is 3.21. The van der Waals surface area contributed by atoms with Crippen LogP contribution in [0.2, 0.25) is 0 Å². The maximum absolute atomic E-state index is 11.6. The fraction of sp³-hybridized carbons (Fsp3) is 0.867. The third kappa shape index (κ3) is 3.87. The lowest BCUT2D eigenvalue weighted by atomic mass is 9.67. The number of aliphatic hydroxyl groups excluding tert-OH is 1. The number of likely N-dealkylation sites (tertiary alicyclic amines) is 1. The van der Waals surface area contributed by atoms with Crippen molar-refractivity contribution in [1.82, 2.24) is 4.90 Å². The first-order valence-corrected chi connectivity index (χ1v) is 7.33. The molecule has 5 heteroatoms. The quantitative estimate of drug-likeness (QED) is 0.614. The van der Waals surface area contributed by atoms with Crippen molar-refractivity contribution in [2.45, 2.75) is 64.9 Å². The van der Waals surface area contributed by atoms with Gasteiger partial charge in [0.2, 0.25) is 6.41 Å². The number of carbonyl (C=O) groups excluding carboxylic acids is 2. The Bertz CT molecular complexity index is 373. The molecule has 0 aromatic heterocycles. The molecule has 0 radical (unpaired) electrons. The minimum absolute atomic E-state index is 0.0705. The summed E-state index contributed by atoms with van der Waals surface area (Å²) in [6.45, 7) is 7.04. The largest absolute Gasteiger partial charge is 0.356 e. The van der Waals surface area contributed by atoms with Gasteiger partial charge < -0.3 is 9.84 Å². The molecule has 2 rings (SSSR count). The van der Waals surface area contributed by atoms with Crippen molar-refractivity contribution in [1.29, 1.82) is 0 Å².